The molecule has 0 aromatic heterocycles. The fourth-order valence-electron chi connectivity index (χ4n) is 1.68. The minimum absolute atomic E-state index is 0.0797. The van der Waals surface area contributed by atoms with E-state index in [0.29, 0.717) is 13.2 Å². The molecule has 1 unspecified atom stereocenters. The summed E-state index contributed by atoms with van der Waals surface area (Å²) < 4.78 is 23.1. The molecule has 2 rings (SSSR count). The van der Waals surface area contributed by atoms with Crippen LogP contribution in [0.5, 0.6) is 5.75 Å². The number of hydrogen-bond donors (Lipinski definition) is 0. The van der Waals surface area contributed by atoms with E-state index in [4.69, 9.17) is 9.47 Å². The van der Waals surface area contributed by atoms with Crippen LogP contribution in [-0.4, -0.2) is 39.8 Å². The van der Waals surface area contributed by atoms with Crippen LogP contribution in [0.3, 0.4) is 0 Å². The maximum Gasteiger partial charge on any atom is 0.273 e. The second kappa shape index (κ2) is 5.03. The van der Waals surface area contributed by atoms with E-state index in [1.54, 1.807) is 12.1 Å². The zero-order valence-corrected chi connectivity index (χ0v) is 9.81. The molecule has 0 spiro atoms. The zero-order valence-electron chi connectivity index (χ0n) is 9.81. The van der Waals surface area contributed by atoms with Gasteiger partial charge in [-0.05, 0) is 12.1 Å². The summed E-state index contributed by atoms with van der Waals surface area (Å²) in [5.41, 5.74) is 0.880. The lowest BCUT2D eigenvalue weighted by atomic mass is 10.2. The van der Waals surface area contributed by atoms with Crippen molar-refractivity contribution in [2.75, 3.05) is 32.2 Å². The average molecular weight is 237 g/mol. The van der Waals surface area contributed by atoms with E-state index in [1.165, 1.54) is 13.2 Å². The van der Waals surface area contributed by atoms with E-state index in [-0.39, 0.29) is 17.6 Å². The molecule has 0 bridgehead atoms. The molecule has 1 radical (unpaired) electrons. The van der Waals surface area contributed by atoms with Crippen LogP contribution >= 0.6 is 0 Å². The number of hydrogen-bond acceptors (Lipinski definition) is 4. The van der Waals surface area contributed by atoms with E-state index in [1.807, 2.05) is 11.9 Å². The molecule has 17 heavy (non-hydrogen) atoms. The minimum Gasteiger partial charge on any atom is -0.494 e. The molecule has 1 aromatic rings. The van der Waals surface area contributed by atoms with Gasteiger partial charge < -0.3 is 14.4 Å². The quantitative estimate of drug-likeness (QED) is 0.797. The van der Waals surface area contributed by atoms with Crippen molar-refractivity contribution in [1.29, 1.82) is 0 Å². The van der Waals surface area contributed by atoms with Crippen LogP contribution in [0, 0.1) is 5.82 Å². The van der Waals surface area contributed by atoms with Crippen LogP contribution in [0.4, 0.5) is 10.1 Å². The lowest BCUT2D eigenvalue weighted by molar-refractivity contribution is 0.329. The van der Waals surface area contributed by atoms with Crippen molar-refractivity contribution in [1.82, 2.24) is 0 Å². The van der Waals surface area contributed by atoms with Crippen molar-refractivity contribution < 1.29 is 13.9 Å². The summed E-state index contributed by atoms with van der Waals surface area (Å²) in [4.78, 5) is 6.02. The number of nitrogens with zero attached hydrogens (tertiary/aromatic N) is 2. The Balaban J connectivity index is 2.07. The number of ether oxygens (including phenoxy) is 2. The molecule has 1 aromatic carbocycles. The molecule has 0 saturated heterocycles. The molecule has 0 N–H and O–H groups in total. The highest BCUT2D eigenvalue weighted by atomic mass is 19.1. The third kappa shape index (κ3) is 2.67. The molecule has 4 nitrogen and oxygen atoms in total. The molecular weight excluding hydrogens is 223 g/mol. The van der Waals surface area contributed by atoms with Crippen molar-refractivity contribution >= 4 is 12.1 Å². The largest absolute Gasteiger partial charge is 0.494 e. The van der Waals surface area contributed by atoms with Crippen LogP contribution in [-0.2, 0) is 4.74 Å². The average Bonchev–Trinajstić information content (AvgIpc) is 2.82. The van der Waals surface area contributed by atoms with Gasteiger partial charge in [0.15, 0.2) is 11.6 Å². The second-order valence-corrected chi connectivity index (χ2v) is 3.88. The molecular formula is C12H14FN2O2. The van der Waals surface area contributed by atoms with Gasteiger partial charge in [-0.3, -0.25) is 0 Å². The number of benzene rings is 1. The van der Waals surface area contributed by atoms with Crippen LogP contribution in [0.2, 0.25) is 0 Å². The molecule has 1 aliphatic rings. The monoisotopic (exact) mass is 237 g/mol. The van der Waals surface area contributed by atoms with E-state index in [9.17, 15) is 4.39 Å². The molecule has 0 fully saturated rings. The van der Waals surface area contributed by atoms with E-state index in [2.05, 4.69) is 11.4 Å². The van der Waals surface area contributed by atoms with E-state index < -0.39 is 0 Å². The molecule has 1 atom stereocenters. The molecule has 0 saturated carbocycles. The van der Waals surface area contributed by atoms with Crippen molar-refractivity contribution in [3.8, 4) is 5.75 Å². The molecule has 5 heteroatoms. The summed E-state index contributed by atoms with van der Waals surface area (Å²) in [5, 5.41) is 0. The van der Waals surface area contributed by atoms with Gasteiger partial charge in [-0.1, -0.05) is 0 Å². The Labute approximate surface area is 99.7 Å². The highest BCUT2D eigenvalue weighted by molar-refractivity contribution is 5.52. The van der Waals surface area contributed by atoms with E-state index >= 15 is 0 Å². The van der Waals surface area contributed by atoms with Gasteiger partial charge in [0.1, 0.15) is 12.6 Å². The first-order valence-corrected chi connectivity index (χ1v) is 5.32. The standard InChI is InChI=1S/C12H14FN2O2/c1-15(6-9-7-17-8-14-9)10-3-4-11(13)12(5-10)16-2/h3-5,9H,6-7H2,1-2H3. The Morgan fingerprint density at radius 1 is 1.65 bits per heavy atom. The van der Waals surface area contributed by atoms with Crippen molar-refractivity contribution in [2.45, 2.75) is 6.04 Å². The summed E-state index contributed by atoms with van der Waals surface area (Å²) in [7, 11) is 3.37. The van der Waals surface area contributed by atoms with Crippen LogP contribution in [0.1, 0.15) is 0 Å². The first-order valence-electron chi connectivity index (χ1n) is 5.32. The second-order valence-electron chi connectivity index (χ2n) is 3.88. The zero-order chi connectivity index (χ0) is 12.3. The topological polar surface area (TPSA) is 34.1 Å². The van der Waals surface area contributed by atoms with Gasteiger partial charge >= 0.3 is 0 Å². The third-order valence-electron chi connectivity index (χ3n) is 2.64. The normalized spacial score (nSPS) is 17.9. The van der Waals surface area contributed by atoms with Crippen LogP contribution in [0.25, 0.3) is 0 Å². The number of anilines is 1. The molecule has 0 amide bonds. The van der Waals surface area contributed by atoms with Crippen LogP contribution < -0.4 is 9.64 Å². The van der Waals surface area contributed by atoms with Crippen LogP contribution in [0.15, 0.2) is 23.2 Å². The predicted octanol–water partition coefficient (Wildman–Crippen LogP) is 1.57. The maximum atomic E-state index is 13.2. The first-order chi connectivity index (χ1) is 8.20. The van der Waals surface area contributed by atoms with Gasteiger partial charge in [0.25, 0.3) is 6.40 Å². The summed E-state index contributed by atoms with van der Waals surface area (Å²) in [6, 6.07) is 4.85. The molecule has 91 valence electrons. The highest BCUT2D eigenvalue weighted by Gasteiger charge is 2.16. The summed E-state index contributed by atoms with van der Waals surface area (Å²) in [5.74, 6) is -0.118. The van der Waals surface area contributed by atoms with Gasteiger partial charge in [-0.2, -0.15) is 0 Å². The van der Waals surface area contributed by atoms with E-state index in [0.717, 1.165) is 5.69 Å². The van der Waals surface area contributed by atoms with Crippen molar-refractivity contribution in [3.05, 3.63) is 24.0 Å². The Bertz CT molecular complexity index is 423. The van der Waals surface area contributed by atoms with Gasteiger partial charge in [-0.25, -0.2) is 9.38 Å². The summed E-state index contributed by atoms with van der Waals surface area (Å²) >= 11 is 0. The molecule has 0 aliphatic carbocycles. The minimum atomic E-state index is -0.361. The predicted molar refractivity (Wildman–Crippen MR) is 63.4 cm³/mol. The fourth-order valence-corrected chi connectivity index (χ4v) is 1.68. The Morgan fingerprint density at radius 2 is 2.47 bits per heavy atom. The molecule has 1 heterocycles. The lowest BCUT2D eigenvalue weighted by Gasteiger charge is -2.21. The SMILES string of the molecule is COc1cc(N(C)CC2CO[C]=N2)ccc1F. The number of methoxy groups -OCH3 is 1. The Morgan fingerprint density at radius 3 is 3.12 bits per heavy atom. The Hall–Kier alpha value is -1.78. The molecule has 1 aliphatic heterocycles. The first kappa shape index (κ1) is 11.7. The van der Waals surface area contributed by atoms with Crippen molar-refractivity contribution in [3.63, 3.8) is 0 Å². The van der Waals surface area contributed by atoms with Gasteiger partial charge in [0, 0.05) is 25.3 Å². The summed E-state index contributed by atoms with van der Waals surface area (Å²) in [6.07, 6.45) is 2.47. The Kier molecular flexibility index (Phi) is 3.46. The maximum absolute atomic E-state index is 13.2. The van der Waals surface area contributed by atoms with Crippen molar-refractivity contribution in [2.24, 2.45) is 4.99 Å². The highest BCUT2D eigenvalue weighted by Crippen LogP contribution is 2.24. The van der Waals surface area contributed by atoms with Gasteiger partial charge in [0.05, 0.1) is 7.11 Å². The number of aliphatic imine (C=N–C) groups is 1. The lowest BCUT2D eigenvalue weighted by Crippen LogP contribution is -2.28. The number of halogens is 1. The number of rotatable bonds is 4. The third-order valence-corrected chi connectivity index (χ3v) is 2.64. The van der Waals surface area contributed by atoms with Gasteiger partial charge in [0.2, 0.25) is 0 Å². The number of likely N-dealkylation sites (N-methyl/N-ethyl adjacent to an activating group) is 1. The van der Waals surface area contributed by atoms with Gasteiger partial charge in [-0.15, -0.1) is 0 Å². The summed E-state index contributed by atoms with van der Waals surface area (Å²) in [6.45, 7) is 1.24. The fraction of sp³-hybridized carbons (Fsp3) is 0.417. The smallest absolute Gasteiger partial charge is 0.273 e.